The van der Waals surface area contributed by atoms with Crippen LogP contribution in [0.4, 0.5) is 4.39 Å². The van der Waals surface area contributed by atoms with E-state index >= 15 is 0 Å². The van der Waals surface area contributed by atoms with E-state index in [2.05, 4.69) is 16.3 Å². The molecular weight excluding hydrogens is 375 g/mol. The van der Waals surface area contributed by atoms with Crippen molar-refractivity contribution < 1.29 is 18.6 Å². The zero-order valence-electron chi connectivity index (χ0n) is 15.7. The average Bonchev–Trinajstić information content (AvgIpc) is 3.16. The predicted octanol–water partition coefficient (Wildman–Crippen LogP) is 3.45. The first kappa shape index (κ1) is 18.4. The Labute approximate surface area is 166 Å². The van der Waals surface area contributed by atoms with E-state index in [9.17, 15) is 9.65 Å². The van der Waals surface area contributed by atoms with Gasteiger partial charge in [0.15, 0.2) is 0 Å². The van der Waals surface area contributed by atoms with E-state index in [1.54, 1.807) is 44.6 Å². The van der Waals surface area contributed by atoms with Crippen LogP contribution in [0.3, 0.4) is 0 Å². The SMILES string of the molecule is COc1ccc(OC)c([C@@H]2C(C#N)=C(N)Oc3n[nH]c(-c4ccc(F)cc4)c32)c1. The fraction of sp³-hybridized carbons (Fsp3) is 0.143. The molecule has 1 aromatic heterocycles. The van der Waals surface area contributed by atoms with Gasteiger partial charge in [-0.1, -0.05) is 0 Å². The number of aromatic nitrogens is 2. The molecule has 4 rings (SSSR count). The molecule has 7 nitrogen and oxygen atoms in total. The largest absolute Gasteiger partial charge is 0.497 e. The second-order valence-corrected chi connectivity index (χ2v) is 6.36. The summed E-state index contributed by atoms with van der Waals surface area (Å²) in [5, 5.41) is 17.0. The maximum atomic E-state index is 13.4. The quantitative estimate of drug-likeness (QED) is 0.704. The van der Waals surface area contributed by atoms with Crippen LogP contribution in [0.1, 0.15) is 17.0 Å². The summed E-state index contributed by atoms with van der Waals surface area (Å²) >= 11 is 0. The van der Waals surface area contributed by atoms with Crippen molar-refractivity contribution in [2.75, 3.05) is 14.2 Å². The number of fused-ring (bicyclic) bond motifs is 1. The Kier molecular flexibility index (Phi) is 4.56. The number of benzene rings is 2. The number of nitrogens with one attached hydrogen (secondary N) is 1. The minimum absolute atomic E-state index is 0.0352. The van der Waals surface area contributed by atoms with Crippen molar-refractivity contribution >= 4 is 0 Å². The van der Waals surface area contributed by atoms with Crippen molar-refractivity contribution in [1.82, 2.24) is 10.2 Å². The number of hydrogen-bond acceptors (Lipinski definition) is 6. The highest BCUT2D eigenvalue weighted by molar-refractivity contribution is 5.71. The molecule has 1 atom stereocenters. The topological polar surface area (TPSA) is 106 Å². The van der Waals surface area contributed by atoms with Crippen molar-refractivity contribution in [3.05, 3.63) is 70.9 Å². The van der Waals surface area contributed by atoms with Gasteiger partial charge in [-0.2, -0.15) is 5.26 Å². The van der Waals surface area contributed by atoms with Crippen LogP contribution in [-0.4, -0.2) is 24.4 Å². The molecule has 0 aliphatic carbocycles. The average molecular weight is 392 g/mol. The molecule has 2 aromatic carbocycles. The lowest BCUT2D eigenvalue weighted by Crippen LogP contribution is -2.21. The predicted molar refractivity (Wildman–Crippen MR) is 103 cm³/mol. The Hall–Kier alpha value is -3.99. The van der Waals surface area contributed by atoms with E-state index in [1.807, 2.05) is 0 Å². The van der Waals surface area contributed by atoms with E-state index in [1.165, 1.54) is 12.1 Å². The molecule has 0 saturated carbocycles. The van der Waals surface area contributed by atoms with Crippen LogP contribution in [0.15, 0.2) is 53.9 Å². The number of ether oxygens (including phenoxy) is 3. The molecule has 3 aromatic rings. The molecule has 3 N–H and O–H groups in total. The van der Waals surface area contributed by atoms with Gasteiger partial charge in [0.1, 0.15) is 29.0 Å². The van der Waals surface area contributed by atoms with Crippen molar-refractivity contribution in [1.29, 1.82) is 5.26 Å². The zero-order valence-corrected chi connectivity index (χ0v) is 15.7. The van der Waals surface area contributed by atoms with Gasteiger partial charge in [0.05, 0.1) is 31.4 Å². The van der Waals surface area contributed by atoms with Gasteiger partial charge in [0.25, 0.3) is 0 Å². The second kappa shape index (κ2) is 7.20. The fourth-order valence-electron chi connectivity index (χ4n) is 3.46. The minimum atomic E-state index is -0.618. The maximum absolute atomic E-state index is 13.4. The van der Waals surface area contributed by atoms with Crippen LogP contribution in [0, 0.1) is 17.1 Å². The number of nitriles is 1. The number of nitrogens with zero attached hydrogens (tertiary/aromatic N) is 2. The Bertz CT molecular complexity index is 1150. The molecule has 0 amide bonds. The van der Waals surface area contributed by atoms with Gasteiger partial charge in [0.2, 0.25) is 11.8 Å². The number of halogens is 1. The first-order valence-corrected chi connectivity index (χ1v) is 8.71. The van der Waals surface area contributed by atoms with Gasteiger partial charge >= 0.3 is 0 Å². The van der Waals surface area contributed by atoms with E-state index in [0.717, 1.165) is 0 Å². The third-order valence-corrected chi connectivity index (χ3v) is 4.82. The second-order valence-electron chi connectivity index (χ2n) is 6.36. The molecule has 29 heavy (non-hydrogen) atoms. The van der Waals surface area contributed by atoms with Crippen LogP contribution in [0.25, 0.3) is 11.3 Å². The third-order valence-electron chi connectivity index (χ3n) is 4.82. The molecular formula is C21H17FN4O3. The summed E-state index contributed by atoms with van der Waals surface area (Å²) in [6.45, 7) is 0. The standard InChI is InChI=1S/C21H17FN4O3/c1-27-13-7-8-16(28-2)14(9-13)17-15(10-23)20(24)29-21-18(17)19(25-26-21)11-3-5-12(22)6-4-11/h3-9,17H,24H2,1-2H3,(H,25,26)/t17-/m1/s1. The molecule has 0 saturated heterocycles. The Morgan fingerprint density at radius 2 is 1.93 bits per heavy atom. The molecule has 146 valence electrons. The number of aromatic amines is 1. The van der Waals surface area contributed by atoms with Crippen molar-refractivity contribution in [2.24, 2.45) is 5.73 Å². The van der Waals surface area contributed by atoms with Crippen LogP contribution < -0.4 is 19.9 Å². The minimum Gasteiger partial charge on any atom is -0.497 e. The first-order chi connectivity index (χ1) is 14.1. The van der Waals surface area contributed by atoms with E-state index < -0.39 is 5.92 Å². The van der Waals surface area contributed by atoms with Gasteiger partial charge in [-0.25, -0.2) is 4.39 Å². The van der Waals surface area contributed by atoms with Gasteiger partial charge in [-0.3, -0.25) is 5.10 Å². The number of nitrogens with two attached hydrogens (primary N) is 1. The first-order valence-electron chi connectivity index (χ1n) is 8.71. The zero-order chi connectivity index (χ0) is 20.5. The number of rotatable bonds is 4. The molecule has 1 aliphatic heterocycles. The lowest BCUT2D eigenvalue weighted by molar-refractivity contribution is 0.373. The van der Waals surface area contributed by atoms with Gasteiger partial charge in [-0.15, -0.1) is 5.10 Å². The van der Waals surface area contributed by atoms with E-state index in [4.69, 9.17) is 19.9 Å². The lowest BCUT2D eigenvalue weighted by Gasteiger charge is -2.25. The normalized spacial score (nSPS) is 15.3. The highest BCUT2D eigenvalue weighted by atomic mass is 19.1. The molecule has 0 unspecified atom stereocenters. The van der Waals surface area contributed by atoms with Gasteiger partial charge in [0, 0.05) is 11.1 Å². The third kappa shape index (κ3) is 3.02. The summed E-state index contributed by atoms with van der Waals surface area (Å²) in [4.78, 5) is 0. The van der Waals surface area contributed by atoms with Crippen LogP contribution in [-0.2, 0) is 0 Å². The highest BCUT2D eigenvalue weighted by Gasteiger charge is 2.37. The number of methoxy groups -OCH3 is 2. The number of allylic oxidation sites excluding steroid dienone is 1. The van der Waals surface area contributed by atoms with Crippen molar-refractivity contribution in [3.8, 4) is 34.7 Å². The Balaban J connectivity index is 1.99. The van der Waals surface area contributed by atoms with Crippen molar-refractivity contribution in [2.45, 2.75) is 5.92 Å². The number of H-pyrrole nitrogens is 1. The summed E-state index contributed by atoms with van der Waals surface area (Å²) in [6, 6.07) is 13.4. The van der Waals surface area contributed by atoms with Gasteiger partial charge in [-0.05, 0) is 42.5 Å². The van der Waals surface area contributed by atoms with Crippen LogP contribution in [0.2, 0.25) is 0 Å². The van der Waals surface area contributed by atoms with Crippen LogP contribution in [0.5, 0.6) is 17.4 Å². The smallest absolute Gasteiger partial charge is 0.244 e. The number of hydrogen-bond donors (Lipinski definition) is 2. The summed E-state index contributed by atoms with van der Waals surface area (Å²) in [5.74, 6) is 0.383. The fourth-order valence-corrected chi connectivity index (χ4v) is 3.46. The monoisotopic (exact) mass is 392 g/mol. The molecule has 2 heterocycles. The lowest BCUT2D eigenvalue weighted by atomic mass is 9.82. The Morgan fingerprint density at radius 3 is 2.59 bits per heavy atom. The summed E-state index contributed by atoms with van der Waals surface area (Å²) in [5.41, 5.74) is 8.79. The van der Waals surface area contributed by atoms with E-state index in [-0.39, 0.29) is 23.2 Å². The summed E-state index contributed by atoms with van der Waals surface area (Å²) < 4.78 is 29.9. The van der Waals surface area contributed by atoms with Crippen molar-refractivity contribution in [3.63, 3.8) is 0 Å². The summed E-state index contributed by atoms with van der Waals surface area (Å²) in [6.07, 6.45) is 0. The maximum Gasteiger partial charge on any atom is 0.244 e. The molecule has 0 fully saturated rings. The molecule has 0 spiro atoms. The molecule has 0 bridgehead atoms. The molecule has 8 heteroatoms. The summed E-state index contributed by atoms with van der Waals surface area (Å²) in [7, 11) is 3.10. The molecule has 0 radical (unpaired) electrons. The Morgan fingerprint density at radius 1 is 1.17 bits per heavy atom. The van der Waals surface area contributed by atoms with Crippen LogP contribution >= 0.6 is 0 Å². The van der Waals surface area contributed by atoms with E-state index in [0.29, 0.717) is 33.9 Å². The highest BCUT2D eigenvalue weighted by Crippen LogP contribution is 2.48. The van der Waals surface area contributed by atoms with Gasteiger partial charge < -0.3 is 19.9 Å². The molecule has 1 aliphatic rings.